The molecule has 29 heavy (non-hydrogen) atoms. The van der Waals surface area contributed by atoms with E-state index in [0.29, 0.717) is 13.1 Å². The number of anilines is 1. The van der Waals surface area contributed by atoms with E-state index in [1.54, 1.807) is 19.5 Å². The number of nitrogens with one attached hydrogen (secondary N) is 1. The van der Waals surface area contributed by atoms with E-state index in [0.717, 1.165) is 49.1 Å². The minimum atomic E-state index is -0.583. The number of carbonyl (C=O) groups is 1. The molecule has 2 aliphatic rings. The summed E-state index contributed by atoms with van der Waals surface area (Å²) in [5.74, 6) is 0.965. The van der Waals surface area contributed by atoms with E-state index in [-0.39, 0.29) is 11.8 Å². The third-order valence-corrected chi connectivity index (χ3v) is 6.28. The molecule has 1 saturated carbocycles. The molecule has 1 aromatic heterocycles. The Labute approximate surface area is 171 Å². The molecule has 1 saturated heterocycles. The van der Waals surface area contributed by atoms with E-state index in [2.05, 4.69) is 10.3 Å². The van der Waals surface area contributed by atoms with Crippen LogP contribution in [0.5, 0.6) is 5.75 Å². The molecule has 2 atom stereocenters. The molecule has 154 valence electrons. The quantitative estimate of drug-likeness (QED) is 0.787. The van der Waals surface area contributed by atoms with E-state index in [4.69, 9.17) is 4.74 Å². The topological polar surface area (TPSA) is 74.7 Å². The number of amides is 1. The standard InChI is InChI=1S/C23H29N3O3/c1-29-20-6-4-19(5-7-20)25-23(10-2-3-11-23)22(28)26-15-18(21(27)16-26)14-17-8-12-24-13-9-17/h4-9,12-13,18,21,25,27H,2-3,10-11,14-16H2,1H3/t18-,21+/m1/s1. The fourth-order valence-electron chi connectivity index (χ4n) is 4.67. The van der Waals surface area contributed by atoms with Crippen molar-refractivity contribution >= 4 is 11.6 Å². The fourth-order valence-corrected chi connectivity index (χ4v) is 4.67. The predicted octanol–water partition coefficient (Wildman–Crippen LogP) is 2.88. The molecule has 0 spiro atoms. The van der Waals surface area contributed by atoms with Gasteiger partial charge in [0.25, 0.3) is 0 Å². The molecule has 2 heterocycles. The molecule has 1 aromatic carbocycles. The van der Waals surface area contributed by atoms with Crippen LogP contribution in [-0.2, 0) is 11.2 Å². The average molecular weight is 396 g/mol. The number of aliphatic hydroxyl groups is 1. The van der Waals surface area contributed by atoms with Crippen LogP contribution in [0.25, 0.3) is 0 Å². The first kappa shape index (κ1) is 19.7. The zero-order chi connectivity index (χ0) is 20.3. The van der Waals surface area contributed by atoms with Crippen LogP contribution in [0, 0.1) is 5.92 Å². The predicted molar refractivity (Wildman–Crippen MR) is 112 cm³/mol. The molecular formula is C23H29N3O3. The lowest BCUT2D eigenvalue weighted by Gasteiger charge is -2.34. The van der Waals surface area contributed by atoms with Crippen molar-refractivity contribution in [1.82, 2.24) is 9.88 Å². The van der Waals surface area contributed by atoms with Gasteiger partial charge in [0.05, 0.1) is 13.2 Å². The summed E-state index contributed by atoms with van der Waals surface area (Å²) in [6.45, 7) is 0.995. The summed E-state index contributed by atoms with van der Waals surface area (Å²) in [6.07, 6.45) is 7.51. The molecule has 0 unspecified atom stereocenters. The van der Waals surface area contributed by atoms with Gasteiger partial charge in [-0.05, 0) is 61.2 Å². The molecule has 1 aliphatic heterocycles. The number of likely N-dealkylation sites (tertiary alicyclic amines) is 1. The second-order valence-corrected chi connectivity index (χ2v) is 8.24. The number of ether oxygens (including phenoxy) is 1. The van der Waals surface area contributed by atoms with Gasteiger partial charge >= 0.3 is 0 Å². The zero-order valence-corrected chi connectivity index (χ0v) is 16.9. The van der Waals surface area contributed by atoms with Crippen molar-refractivity contribution in [3.63, 3.8) is 0 Å². The number of aliphatic hydroxyl groups excluding tert-OH is 1. The van der Waals surface area contributed by atoms with Gasteiger partial charge in [0, 0.05) is 37.1 Å². The first-order valence-corrected chi connectivity index (χ1v) is 10.4. The molecule has 4 rings (SSSR count). The summed E-state index contributed by atoms with van der Waals surface area (Å²) in [5.41, 5.74) is 1.49. The van der Waals surface area contributed by atoms with Crippen LogP contribution in [0.4, 0.5) is 5.69 Å². The molecule has 2 fully saturated rings. The number of hydrogen-bond acceptors (Lipinski definition) is 5. The number of carbonyl (C=O) groups excluding carboxylic acids is 1. The summed E-state index contributed by atoms with van der Waals surface area (Å²) < 4.78 is 5.23. The number of aromatic nitrogens is 1. The number of benzene rings is 1. The van der Waals surface area contributed by atoms with Crippen LogP contribution >= 0.6 is 0 Å². The molecule has 0 radical (unpaired) electrons. The van der Waals surface area contributed by atoms with Gasteiger partial charge in [0.1, 0.15) is 11.3 Å². The maximum atomic E-state index is 13.6. The number of pyridine rings is 1. The maximum Gasteiger partial charge on any atom is 0.248 e. The van der Waals surface area contributed by atoms with Gasteiger partial charge in [-0.25, -0.2) is 0 Å². The van der Waals surface area contributed by atoms with Gasteiger partial charge in [-0.2, -0.15) is 0 Å². The lowest BCUT2D eigenvalue weighted by Crippen LogP contribution is -2.52. The van der Waals surface area contributed by atoms with Crippen LogP contribution in [0.2, 0.25) is 0 Å². The van der Waals surface area contributed by atoms with Crippen molar-refractivity contribution in [3.8, 4) is 5.75 Å². The number of hydrogen-bond donors (Lipinski definition) is 2. The Bertz CT molecular complexity index is 819. The molecule has 2 N–H and O–H groups in total. The van der Waals surface area contributed by atoms with Crippen molar-refractivity contribution in [2.45, 2.75) is 43.7 Å². The van der Waals surface area contributed by atoms with Crippen LogP contribution in [0.3, 0.4) is 0 Å². The number of rotatable bonds is 6. The Morgan fingerprint density at radius 3 is 2.52 bits per heavy atom. The Morgan fingerprint density at radius 2 is 1.86 bits per heavy atom. The van der Waals surface area contributed by atoms with Gasteiger partial charge in [-0.3, -0.25) is 9.78 Å². The second-order valence-electron chi connectivity index (χ2n) is 8.24. The van der Waals surface area contributed by atoms with Crippen molar-refractivity contribution in [3.05, 3.63) is 54.4 Å². The Balaban J connectivity index is 1.47. The molecule has 1 aliphatic carbocycles. The Kier molecular flexibility index (Phi) is 5.72. The van der Waals surface area contributed by atoms with Gasteiger partial charge in [0.15, 0.2) is 0 Å². The summed E-state index contributed by atoms with van der Waals surface area (Å²) in [6, 6.07) is 11.7. The van der Waals surface area contributed by atoms with Crippen molar-refractivity contribution < 1.29 is 14.6 Å². The Morgan fingerprint density at radius 1 is 1.17 bits per heavy atom. The summed E-state index contributed by atoms with van der Waals surface area (Å²) in [7, 11) is 1.64. The Hall–Kier alpha value is -2.60. The van der Waals surface area contributed by atoms with Crippen LogP contribution in [0.1, 0.15) is 31.2 Å². The highest BCUT2D eigenvalue weighted by Gasteiger charge is 2.46. The van der Waals surface area contributed by atoms with E-state index in [1.165, 1.54) is 0 Å². The number of nitrogens with zero attached hydrogens (tertiary/aromatic N) is 2. The SMILES string of the molecule is COc1ccc(NC2(C(=O)N3C[C@@H](Cc4ccncc4)[C@@H](O)C3)CCCC2)cc1. The first-order chi connectivity index (χ1) is 14.1. The minimum absolute atomic E-state index is 0.0563. The number of methoxy groups -OCH3 is 1. The van der Waals surface area contributed by atoms with Gasteiger partial charge in [0.2, 0.25) is 5.91 Å². The van der Waals surface area contributed by atoms with Crippen molar-refractivity contribution in [2.75, 3.05) is 25.5 Å². The normalized spacial score (nSPS) is 23.2. The smallest absolute Gasteiger partial charge is 0.248 e. The fraction of sp³-hybridized carbons (Fsp3) is 0.478. The summed E-state index contributed by atoms with van der Waals surface area (Å²) in [4.78, 5) is 19.5. The second kappa shape index (κ2) is 8.41. The van der Waals surface area contributed by atoms with E-state index in [1.807, 2.05) is 41.3 Å². The van der Waals surface area contributed by atoms with E-state index < -0.39 is 11.6 Å². The van der Waals surface area contributed by atoms with E-state index >= 15 is 0 Å². The summed E-state index contributed by atoms with van der Waals surface area (Å²) in [5, 5.41) is 14.1. The van der Waals surface area contributed by atoms with Crippen LogP contribution in [0.15, 0.2) is 48.8 Å². The maximum absolute atomic E-state index is 13.6. The van der Waals surface area contributed by atoms with Gasteiger partial charge in [-0.1, -0.05) is 12.8 Å². The van der Waals surface area contributed by atoms with E-state index in [9.17, 15) is 9.90 Å². The molecular weight excluding hydrogens is 366 g/mol. The number of β-amino-alcohol motifs (C(OH)–C–C–N with tert-alkyl or cyclic N) is 1. The highest BCUT2D eigenvalue weighted by molar-refractivity contribution is 5.90. The van der Waals surface area contributed by atoms with Crippen molar-refractivity contribution in [1.29, 1.82) is 0 Å². The lowest BCUT2D eigenvalue weighted by molar-refractivity contribution is -0.135. The molecule has 6 nitrogen and oxygen atoms in total. The van der Waals surface area contributed by atoms with Crippen LogP contribution in [-0.4, -0.2) is 52.7 Å². The van der Waals surface area contributed by atoms with Crippen molar-refractivity contribution in [2.24, 2.45) is 5.92 Å². The average Bonchev–Trinajstić information content (AvgIpc) is 3.36. The molecule has 6 heteroatoms. The third kappa shape index (κ3) is 4.22. The highest BCUT2D eigenvalue weighted by Crippen LogP contribution is 2.37. The molecule has 2 aromatic rings. The minimum Gasteiger partial charge on any atom is -0.497 e. The third-order valence-electron chi connectivity index (χ3n) is 6.28. The molecule has 1 amide bonds. The zero-order valence-electron chi connectivity index (χ0n) is 16.9. The van der Waals surface area contributed by atoms with Gasteiger partial charge < -0.3 is 20.1 Å². The monoisotopic (exact) mass is 395 g/mol. The van der Waals surface area contributed by atoms with Gasteiger partial charge in [-0.15, -0.1) is 0 Å². The van der Waals surface area contributed by atoms with Crippen LogP contribution < -0.4 is 10.1 Å². The summed E-state index contributed by atoms with van der Waals surface area (Å²) >= 11 is 0. The first-order valence-electron chi connectivity index (χ1n) is 10.4. The largest absolute Gasteiger partial charge is 0.497 e. The molecule has 0 bridgehead atoms. The lowest BCUT2D eigenvalue weighted by atomic mass is 9.94. The highest BCUT2D eigenvalue weighted by atomic mass is 16.5.